The molecule has 0 unspecified atom stereocenters. The highest BCUT2D eigenvalue weighted by Crippen LogP contribution is 2.32. The summed E-state index contributed by atoms with van der Waals surface area (Å²) in [4.78, 5) is 8.95. The van der Waals surface area contributed by atoms with Crippen LogP contribution in [0, 0.1) is 11.3 Å². The maximum Gasteiger partial charge on any atom is 0.227 e. The zero-order valence-corrected chi connectivity index (χ0v) is 14.4. The summed E-state index contributed by atoms with van der Waals surface area (Å²) < 4.78 is 0. The highest BCUT2D eigenvalue weighted by atomic mass is 16.3. The van der Waals surface area contributed by atoms with Gasteiger partial charge >= 0.3 is 0 Å². The molecule has 0 amide bonds. The molecule has 0 spiro atoms. The second-order valence-corrected chi connectivity index (χ2v) is 6.14. The highest BCUT2D eigenvalue weighted by molar-refractivity contribution is 5.83. The van der Waals surface area contributed by atoms with Gasteiger partial charge in [0.1, 0.15) is 5.75 Å². The van der Waals surface area contributed by atoms with Gasteiger partial charge in [-0.3, -0.25) is 0 Å². The molecule has 0 radical (unpaired) electrons. The molecule has 0 saturated heterocycles. The predicted molar refractivity (Wildman–Crippen MR) is 106 cm³/mol. The number of aromatic nitrogens is 2. The quantitative estimate of drug-likeness (QED) is 0.551. The van der Waals surface area contributed by atoms with Crippen LogP contribution >= 0.6 is 0 Å². The molecule has 0 bridgehead atoms. The molecule has 2 N–H and O–H groups in total. The Hall–Kier alpha value is -3.91. The zero-order valence-electron chi connectivity index (χ0n) is 14.4. The minimum atomic E-state index is 0.186. The van der Waals surface area contributed by atoms with Gasteiger partial charge in [0.25, 0.3) is 0 Å². The van der Waals surface area contributed by atoms with Crippen molar-refractivity contribution < 1.29 is 5.11 Å². The van der Waals surface area contributed by atoms with Gasteiger partial charge in [0.2, 0.25) is 5.95 Å². The molecule has 0 saturated carbocycles. The Morgan fingerprint density at radius 3 is 2.74 bits per heavy atom. The number of nitriles is 1. The third-order valence-corrected chi connectivity index (χ3v) is 4.26. The van der Waals surface area contributed by atoms with Crippen LogP contribution in [-0.4, -0.2) is 15.1 Å². The fourth-order valence-corrected chi connectivity index (χ4v) is 2.97. The van der Waals surface area contributed by atoms with E-state index in [1.54, 1.807) is 24.4 Å². The monoisotopic (exact) mass is 352 g/mol. The molecule has 27 heavy (non-hydrogen) atoms. The Morgan fingerprint density at radius 1 is 1.00 bits per heavy atom. The van der Waals surface area contributed by atoms with Crippen LogP contribution in [0.2, 0.25) is 0 Å². The molecule has 130 valence electrons. The lowest BCUT2D eigenvalue weighted by atomic mass is 9.99. The molecule has 0 fully saturated rings. The van der Waals surface area contributed by atoms with E-state index in [2.05, 4.69) is 21.4 Å². The van der Waals surface area contributed by atoms with Gasteiger partial charge in [-0.2, -0.15) is 5.26 Å². The molecular formula is C22H16N4O. The molecule has 0 aliphatic heterocycles. The number of fused-ring (bicyclic) bond motifs is 1. The lowest BCUT2D eigenvalue weighted by Crippen LogP contribution is -1.99. The van der Waals surface area contributed by atoms with Gasteiger partial charge in [-0.1, -0.05) is 36.4 Å². The summed E-state index contributed by atoms with van der Waals surface area (Å²) >= 11 is 0. The van der Waals surface area contributed by atoms with Crippen LogP contribution in [-0.2, 0) is 6.42 Å². The molecule has 1 aromatic heterocycles. The highest BCUT2D eigenvalue weighted by Gasteiger charge is 2.10. The van der Waals surface area contributed by atoms with E-state index >= 15 is 0 Å². The van der Waals surface area contributed by atoms with E-state index in [9.17, 15) is 5.11 Å². The van der Waals surface area contributed by atoms with Gasteiger partial charge in [0.15, 0.2) is 0 Å². The standard InChI is InChI=1S/C22H16N4O/c23-11-10-15-8-9-21(19(12-15)16-5-3-6-18(27)13-16)26-22-24-14-17-4-1-2-7-20(17)25-22/h1-9,12-14,27H,10H2,(H,24,25,26). The largest absolute Gasteiger partial charge is 0.508 e. The van der Waals surface area contributed by atoms with Crippen LogP contribution < -0.4 is 5.32 Å². The average molecular weight is 352 g/mol. The number of aromatic hydroxyl groups is 1. The zero-order chi connectivity index (χ0) is 18.6. The lowest BCUT2D eigenvalue weighted by Gasteiger charge is -2.13. The number of rotatable bonds is 4. The van der Waals surface area contributed by atoms with Crippen molar-refractivity contribution in [1.29, 1.82) is 5.26 Å². The molecule has 5 heteroatoms. The predicted octanol–water partition coefficient (Wildman–Crippen LogP) is 4.81. The molecular weight excluding hydrogens is 336 g/mol. The van der Waals surface area contributed by atoms with Crippen LogP contribution in [0.15, 0.2) is 72.9 Å². The number of anilines is 2. The summed E-state index contributed by atoms with van der Waals surface area (Å²) in [5.41, 5.74) is 4.28. The van der Waals surface area contributed by atoms with Gasteiger partial charge in [0, 0.05) is 22.8 Å². The van der Waals surface area contributed by atoms with Crippen molar-refractivity contribution in [3.8, 4) is 22.9 Å². The van der Waals surface area contributed by atoms with Gasteiger partial charge in [0.05, 0.1) is 18.0 Å². The van der Waals surface area contributed by atoms with Crippen molar-refractivity contribution in [2.45, 2.75) is 6.42 Å². The van der Waals surface area contributed by atoms with Crippen LogP contribution in [0.1, 0.15) is 5.56 Å². The number of nitrogens with one attached hydrogen (secondary N) is 1. The molecule has 0 atom stereocenters. The van der Waals surface area contributed by atoms with E-state index in [0.29, 0.717) is 12.4 Å². The maximum absolute atomic E-state index is 9.85. The molecule has 4 aromatic rings. The maximum atomic E-state index is 9.85. The van der Waals surface area contributed by atoms with Crippen LogP contribution in [0.25, 0.3) is 22.0 Å². The number of phenolic OH excluding ortho intramolecular Hbond substituents is 1. The molecule has 3 aromatic carbocycles. The normalized spacial score (nSPS) is 10.5. The summed E-state index contributed by atoms with van der Waals surface area (Å²) in [7, 11) is 0. The first-order valence-electron chi connectivity index (χ1n) is 8.51. The van der Waals surface area contributed by atoms with E-state index in [4.69, 9.17) is 5.26 Å². The minimum absolute atomic E-state index is 0.186. The van der Waals surface area contributed by atoms with Gasteiger partial charge in [-0.25, -0.2) is 9.97 Å². The van der Waals surface area contributed by atoms with Crippen molar-refractivity contribution in [2.75, 3.05) is 5.32 Å². The first kappa shape index (κ1) is 16.6. The van der Waals surface area contributed by atoms with E-state index in [-0.39, 0.29) is 5.75 Å². The average Bonchev–Trinajstić information content (AvgIpc) is 2.69. The van der Waals surface area contributed by atoms with E-state index in [1.165, 1.54) is 0 Å². The van der Waals surface area contributed by atoms with Crippen LogP contribution in [0.4, 0.5) is 11.6 Å². The van der Waals surface area contributed by atoms with Gasteiger partial charge < -0.3 is 10.4 Å². The fourth-order valence-electron chi connectivity index (χ4n) is 2.97. The number of hydrogen-bond donors (Lipinski definition) is 2. The van der Waals surface area contributed by atoms with Crippen LogP contribution in [0.5, 0.6) is 5.75 Å². The van der Waals surface area contributed by atoms with Crippen molar-refractivity contribution in [2.24, 2.45) is 0 Å². The molecule has 5 nitrogen and oxygen atoms in total. The molecule has 0 aliphatic carbocycles. The Bertz CT molecular complexity index is 1160. The van der Waals surface area contributed by atoms with E-state index in [0.717, 1.165) is 33.3 Å². The summed E-state index contributed by atoms with van der Waals surface area (Å²) in [6.07, 6.45) is 2.10. The van der Waals surface area contributed by atoms with E-state index in [1.807, 2.05) is 48.5 Å². The third kappa shape index (κ3) is 3.55. The van der Waals surface area contributed by atoms with Crippen molar-refractivity contribution in [1.82, 2.24) is 9.97 Å². The van der Waals surface area contributed by atoms with Gasteiger partial charge in [-0.05, 0) is 41.5 Å². The lowest BCUT2D eigenvalue weighted by molar-refractivity contribution is 0.475. The Morgan fingerprint density at radius 2 is 1.89 bits per heavy atom. The Labute approximate surface area is 156 Å². The second kappa shape index (κ2) is 7.14. The third-order valence-electron chi connectivity index (χ3n) is 4.26. The number of para-hydroxylation sites is 1. The summed E-state index contributed by atoms with van der Waals surface area (Å²) in [6, 6.07) is 22.7. The number of hydrogen-bond acceptors (Lipinski definition) is 5. The smallest absolute Gasteiger partial charge is 0.227 e. The van der Waals surface area contributed by atoms with Gasteiger partial charge in [-0.15, -0.1) is 0 Å². The summed E-state index contributed by atoms with van der Waals surface area (Å²) in [6.45, 7) is 0. The molecule has 0 aliphatic rings. The summed E-state index contributed by atoms with van der Waals surface area (Å²) in [5.74, 6) is 0.675. The van der Waals surface area contributed by atoms with Crippen molar-refractivity contribution in [3.05, 3.63) is 78.5 Å². The first-order valence-corrected chi connectivity index (χ1v) is 8.51. The number of phenols is 1. The SMILES string of the molecule is N#CCc1ccc(Nc2ncc3ccccc3n2)c(-c2cccc(O)c2)c1. The number of nitrogens with zero attached hydrogens (tertiary/aromatic N) is 3. The molecule has 1 heterocycles. The van der Waals surface area contributed by atoms with Crippen molar-refractivity contribution >= 4 is 22.5 Å². The Kier molecular flexibility index (Phi) is 4.38. The first-order chi connectivity index (χ1) is 13.2. The van der Waals surface area contributed by atoms with E-state index < -0.39 is 0 Å². The molecule has 4 rings (SSSR count). The minimum Gasteiger partial charge on any atom is -0.508 e. The Balaban J connectivity index is 1.77. The second-order valence-electron chi connectivity index (χ2n) is 6.14. The number of benzene rings is 3. The van der Waals surface area contributed by atoms with Crippen molar-refractivity contribution in [3.63, 3.8) is 0 Å². The summed E-state index contributed by atoms with van der Waals surface area (Å²) in [5, 5.41) is 23.1. The van der Waals surface area contributed by atoms with Crippen LogP contribution in [0.3, 0.4) is 0 Å². The topological polar surface area (TPSA) is 81.8 Å². The fraction of sp³-hybridized carbons (Fsp3) is 0.0455.